The smallest absolute Gasteiger partial charge is 0.318 e. The molecule has 0 unspecified atom stereocenters. The second kappa shape index (κ2) is 16.8. The molecule has 0 aromatic heterocycles. The molecule has 46 heavy (non-hydrogen) atoms. The van der Waals surface area contributed by atoms with Gasteiger partial charge in [-0.2, -0.15) is 0 Å². The Morgan fingerprint density at radius 2 is 1.65 bits per heavy atom. The summed E-state index contributed by atoms with van der Waals surface area (Å²) in [5.74, 6) is -3.55. The van der Waals surface area contributed by atoms with E-state index in [0.717, 1.165) is 5.56 Å². The maximum atomic E-state index is 14.0. The van der Waals surface area contributed by atoms with Crippen molar-refractivity contribution in [2.75, 3.05) is 19.6 Å². The maximum Gasteiger partial charge on any atom is 0.318 e. The molecule has 0 saturated carbocycles. The quantitative estimate of drug-likeness (QED) is 0.197. The lowest BCUT2D eigenvalue weighted by Gasteiger charge is -2.37. The summed E-state index contributed by atoms with van der Waals surface area (Å²) in [4.78, 5) is 42.0. The molecule has 4 atom stereocenters. The Morgan fingerprint density at radius 1 is 1.02 bits per heavy atom. The van der Waals surface area contributed by atoms with Gasteiger partial charge in [-0.25, -0.2) is 4.79 Å². The number of aliphatic hydroxyl groups is 1. The third-order valence-corrected chi connectivity index (χ3v) is 7.70. The van der Waals surface area contributed by atoms with Crippen LogP contribution in [0.1, 0.15) is 64.0 Å². The number of benzene rings is 3. The zero-order valence-electron chi connectivity index (χ0n) is 36.9. The number of hydrogen-bond donors (Lipinski definition) is 4. The third-order valence-electron chi connectivity index (χ3n) is 7.70. The highest BCUT2D eigenvalue weighted by Gasteiger charge is 2.35. The molecule has 9 heteroatoms. The molecule has 246 valence electrons. The Balaban J connectivity index is 1.69. The molecule has 4 amide bonds. The van der Waals surface area contributed by atoms with Crippen molar-refractivity contribution in [2.24, 2.45) is 5.92 Å². The van der Waals surface area contributed by atoms with Gasteiger partial charge in [-0.05, 0) is 67.6 Å². The predicted octanol–water partition coefficient (Wildman–Crippen LogP) is 4.33. The number of hydrogen-bond acceptors (Lipinski definition) is 5. The average Bonchev–Trinajstić information content (AvgIpc) is 3.10. The van der Waals surface area contributed by atoms with Crippen LogP contribution in [-0.4, -0.2) is 71.7 Å². The lowest BCUT2D eigenvalue weighted by atomic mass is 9.92. The van der Waals surface area contributed by atoms with E-state index in [2.05, 4.69) is 16.0 Å². The van der Waals surface area contributed by atoms with Gasteiger partial charge in [0.1, 0.15) is 11.8 Å². The van der Waals surface area contributed by atoms with Gasteiger partial charge in [-0.1, -0.05) is 92.6 Å². The average molecular weight is 640 g/mol. The van der Waals surface area contributed by atoms with Crippen LogP contribution in [0.3, 0.4) is 0 Å². The third kappa shape index (κ3) is 9.81. The summed E-state index contributed by atoms with van der Waals surface area (Å²) in [6.45, 7) is -5.71. The molecular weight excluding hydrogens is 580 g/mol. The van der Waals surface area contributed by atoms with Crippen LogP contribution in [-0.2, 0) is 22.4 Å². The number of rotatable bonds is 15. The molecule has 0 radical (unpaired) electrons. The molecule has 1 fully saturated rings. The summed E-state index contributed by atoms with van der Waals surface area (Å²) in [6.07, 6.45) is -0.857. The highest BCUT2D eigenvalue weighted by molar-refractivity contribution is 5.87. The van der Waals surface area contributed by atoms with Gasteiger partial charge in [-0.3, -0.25) is 9.59 Å². The van der Waals surface area contributed by atoms with E-state index in [0.29, 0.717) is 25.1 Å². The molecule has 1 aliphatic rings. The van der Waals surface area contributed by atoms with Crippen LogP contribution < -0.4 is 20.7 Å². The van der Waals surface area contributed by atoms with Crippen LogP contribution in [0, 0.1) is 19.6 Å². The fourth-order valence-electron chi connectivity index (χ4n) is 5.49. The molecule has 1 heterocycles. The van der Waals surface area contributed by atoms with Crippen molar-refractivity contribution in [2.45, 2.75) is 77.5 Å². The van der Waals surface area contributed by atoms with Crippen molar-refractivity contribution in [1.29, 1.82) is 0 Å². The van der Waals surface area contributed by atoms with Gasteiger partial charge in [0.05, 0.1) is 19.0 Å². The van der Waals surface area contributed by atoms with Crippen molar-refractivity contribution in [1.82, 2.24) is 20.9 Å². The fourth-order valence-corrected chi connectivity index (χ4v) is 5.49. The van der Waals surface area contributed by atoms with Crippen LogP contribution in [0.5, 0.6) is 5.75 Å². The number of para-hydroxylation sites is 1. The van der Waals surface area contributed by atoms with E-state index in [1.54, 1.807) is 42.5 Å². The molecule has 3 aromatic carbocycles. The number of amides is 4. The normalized spacial score (nSPS) is 20.1. The Morgan fingerprint density at radius 3 is 2.24 bits per heavy atom. The van der Waals surface area contributed by atoms with Gasteiger partial charge in [0.25, 0.3) is 5.91 Å². The second-order valence-electron chi connectivity index (χ2n) is 11.6. The van der Waals surface area contributed by atoms with Crippen molar-refractivity contribution in [3.05, 3.63) is 101 Å². The molecular formula is C37H48N4O5. The van der Waals surface area contributed by atoms with Crippen molar-refractivity contribution >= 4 is 17.8 Å². The van der Waals surface area contributed by atoms with Crippen LogP contribution in [0.4, 0.5) is 4.79 Å². The maximum absolute atomic E-state index is 14.0. The molecule has 0 spiro atoms. The summed E-state index contributed by atoms with van der Waals surface area (Å²) in [5.41, 5.74) is -0.903. The Kier molecular flexibility index (Phi) is 8.11. The van der Waals surface area contributed by atoms with Gasteiger partial charge in [0, 0.05) is 27.4 Å². The van der Waals surface area contributed by atoms with E-state index < -0.39 is 91.3 Å². The molecule has 4 N–H and O–H groups in total. The van der Waals surface area contributed by atoms with Gasteiger partial charge < -0.3 is 30.7 Å². The van der Waals surface area contributed by atoms with E-state index in [-0.39, 0.29) is 31.2 Å². The first kappa shape index (κ1) is 22.2. The van der Waals surface area contributed by atoms with Crippen molar-refractivity contribution in [3.8, 4) is 5.75 Å². The summed E-state index contributed by atoms with van der Waals surface area (Å²) >= 11 is 0. The largest absolute Gasteiger partial charge is 0.483 e. The molecule has 0 bridgehead atoms. The molecule has 9 nitrogen and oxygen atoms in total. The first-order valence-electron chi connectivity index (χ1n) is 20.8. The summed E-state index contributed by atoms with van der Waals surface area (Å²) in [5, 5.41) is 20.0. The summed E-state index contributed by atoms with van der Waals surface area (Å²) in [7, 11) is 0. The van der Waals surface area contributed by atoms with E-state index in [1.165, 1.54) is 4.90 Å². The van der Waals surface area contributed by atoms with Crippen LogP contribution in [0.2, 0.25) is 0 Å². The topological polar surface area (TPSA) is 120 Å². The van der Waals surface area contributed by atoms with Crippen LogP contribution >= 0.6 is 0 Å². The van der Waals surface area contributed by atoms with Gasteiger partial charge in [0.2, 0.25) is 5.91 Å². The Labute approximate surface area is 288 Å². The predicted molar refractivity (Wildman–Crippen MR) is 180 cm³/mol. The number of carbonyl (C=O) groups excluding carboxylic acids is 3. The minimum Gasteiger partial charge on any atom is -0.483 e. The lowest BCUT2D eigenvalue weighted by molar-refractivity contribution is -0.128. The minimum absolute atomic E-state index is 0.0687. The second-order valence-corrected chi connectivity index (χ2v) is 11.6. The number of urea groups is 1. The number of nitrogens with one attached hydrogen (secondary N) is 3. The number of ether oxygens (including phenoxy) is 1. The zero-order chi connectivity index (χ0) is 42.5. The lowest BCUT2D eigenvalue weighted by Crippen LogP contribution is -2.59. The SMILES string of the molecule is [2H]c1c([2H])c(C([2H])([2H])[2H])c(OC([2H])([2H])C(=O)N[C@@H](Cc2ccccc2)[C@@H](O)C[C@H](Cc2ccccc2)NC(=O)[C@H](C(C)C)N2CCCNC2=O)c(C([2H])([2H])[2H])c1[2H]. The number of nitrogens with zero attached hydrogens (tertiary/aromatic N) is 1. The van der Waals surface area contributed by atoms with Gasteiger partial charge >= 0.3 is 6.03 Å². The minimum atomic E-state index is -3.55. The van der Waals surface area contributed by atoms with Crippen LogP contribution in [0.25, 0.3) is 0 Å². The van der Waals surface area contributed by atoms with E-state index in [4.69, 9.17) is 19.8 Å². The highest BCUT2D eigenvalue weighted by atomic mass is 16.5. The van der Waals surface area contributed by atoms with Gasteiger partial charge in [-0.15, -0.1) is 0 Å². The standard InChI is InChI=1S/C37H48N4O5/c1-25(2)34(41-20-12-19-38-37(41)45)36(44)39-30(21-28-15-7-5-8-16-28)23-32(42)31(22-29-17-9-6-10-18-29)40-33(43)24-46-35-26(3)13-11-14-27(35)4/h5-11,13-18,25,30-32,34,42H,12,19-24H2,1-4H3,(H,38,45)(H,39,44)(H,40,43)/t30-,31-,32-,34-/m0/s1/i3D3,4D3,11D,13D,14D,24D2. The highest BCUT2D eigenvalue weighted by Crippen LogP contribution is 2.22. The van der Waals surface area contributed by atoms with Crippen molar-refractivity contribution in [3.63, 3.8) is 0 Å². The molecule has 0 aliphatic carbocycles. The number of aliphatic hydroxyl groups excluding tert-OH is 1. The first-order chi connectivity index (χ1) is 26.5. The monoisotopic (exact) mass is 639 g/mol. The molecule has 4 rings (SSSR count). The molecule has 1 saturated heterocycles. The summed E-state index contributed by atoms with van der Waals surface area (Å²) < 4.78 is 94.5. The van der Waals surface area contributed by atoms with Crippen LogP contribution in [0.15, 0.2) is 78.8 Å². The van der Waals surface area contributed by atoms with Gasteiger partial charge in [0.15, 0.2) is 6.56 Å². The molecule has 1 aliphatic heterocycles. The van der Waals surface area contributed by atoms with Crippen molar-refractivity contribution < 1.29 is 39.3 Å². The van der Waals surface area contributed by atoms with E-state index >= 15 is 0 Å². The fraction of sp³-hybridized carbons (Fsp3) is 0.432. The first-order valence-corrected chi connectivity index (χ1v) is 15.3. The van der Waals surface area contributed by atoms with E-state index in [1.807, 2.05) is 32.0 Å². The zero-order valence-corrected chi connectivity index (χ0v) is 25.9. The Bertz CT molecular complexity index is 1840. The van der Waals surface area contributed by atoms with E-state index in [9.17, 15) is 19.5 Å². The summed E-state index contributed by atoms with van der Waals surface area (Å²) in [6, 6.07) is 11.2. The molecule has 3 aromatic rings. The number of carbonyl (C=O) groups is 3. The Hall–Kier alpha value is -4.37.